The molecule has 0 unspecified atom stereocenters. The van der Waals surface area contributed by atoms with E-state index < -0.39 is 11.8 Å². The lowest BCUT2D eigenvalue weighted by Gasteiger charge is -2.16. The second-order valence-corrected chi connectivity index (χ2v) is 6.59. The van der Waals surface area contributed by atoms with Gasteiger partial charge in [-0.1, -0.05) is 48.5 Å². The van der Waals surface area contributed by atoms with Gasteiger partial charge in [0.05, 0.1) is 0 Å². The molecule has 0 atom stereocenters. The minimum atomic E-state index is -0.644. The Balaban J connectivity index is 1.35. The first-order valence-electron chi connectivity index (χ1n) is 9.18. The average molecular weight is 372 g/mol. The van der Waals surface area contributed by atoms with Crippen LogP contribution in [-0.2, 0) is 22.6 Å². The highest BCUT2D eigenvalue weighted by Crippen LogP contribution is 2.27. The summed E-state index contributed by atoms with van der Waals surface area (Å²) in [6, 6.07) is 24.5. The van der Waals surface area contributed by atoms with E-state index in [1.54, 1.807) is 24.3 Å². The van der Waals surface area contributed by atoms with Crippen molar-refractivity contribution in [2.24, 2.45) is 0 Å². The van der Waals surface area contributed by atoms with Gasteiger partial charge in [0.1, 0.15) is 12.4 Å². The minimum absolute atomic E-state index is 0.472. The topological polar surface area (TPSA) is 58.6 Å². The molecular formula is C23H20N2O3. The lowest BCUT2D eigenvalue weighted by Crippen LogP contribution is -2.38. The Morgan fingerprint density at radius 3 is 2.39 bits per heavy atom. The molecule has 28 heavy (non-hydrogen) atoms. The normalized spacial score (nSPS) is 12.4. The lowest BCUT2D eigenvalue weighted by atomic mass is 10.2. The summed E-state index contributed by atoms with van der Waals surface area (Å²) >= 11 is 0. The van der Waals surface area contributed by atoms with Crippen molar-refractivity contribution in [3.05, 3.63) is 90.0 Å². The number of anilines is 2. The van der Waals surface area contributed by atoms with Crippen LogP contribution in [0, 0.1) is 0 Å². The molecule has 5 nitrogen and oxygen atoms in total. The van der Waals surface area contributed by atoms with E-state index in [2.05, 4.69) is 5.32 Å². The second-order valence-electron chi connectivity index (χ2n) is 6.59. The van der Waals surface area contributed by atoms with E-state index in [1.807, 2.05) is 54.6 Å². The average Bonchev–Trinajstić information content (AvgIpc) is 3.17. The Morgan fingerprint density at radius 1 is 0.893 bits per heavy atom. The molecule has 3 aromatic carbocycles. The maximum Gasteiger partial charge on any atom is 0.316 e. The quantitative estimate of drug-likeness (QED) is 0.709. The van der Waals surface area contributed by atoms with Crippen molar-refractivity contribution < 1.29 is 14.3 Å². The number of hydrogen-bond donors (Lipinski definition) is 1. The number of fused-ring (bicyclic) bond motifs is 1. The fourth-order valence-electron chi connectivity index (χ4n) is 3.23. The number of nitrogens with one attached hydrogen (secondary N) is 1. The molecule has 3 aromatic rings. The number of para-hydroxylation sites is 1. The first-order valence-corrected chi connectivity index (χ1v) is 9.18. The summed E-state index contributed by atoms with van der Waals surface area (Å²) in [6.45, 7) is 0.997. The van der Waals surface area contributed by atoms with Crippen LogP contribution < -0.4 is 15.0 Å². The van der Waals surface area contributed by atoms with Crippen LogP contribution in [0.5, 0.6) is 5.75 Å². The third-order valence-corrected chi connectivity index (χ3v) is 4.69. The predicted octanol–water partition coefficient (Wildman–Crippen LogP) is 3.79. The van der Waals surface area contributed by atoms with Crippen molar-refractivity contribution in [3.63, 3.8) is 0 Å². The highest BCUT2D eigenvalue weighted by Gasteiger charge is 2.28. The fraction of sp³-hybridized carbons (Fsp3) is 0.130. The van der Waals surface area contributed by atoms with Gasteiger partial charge in [0.25, 0.3) is 0 Å². The molecule has 140 valence electrons. The van der Waals surface area contributed by atoms with Crippen LogP contribution in [-0.4, -0.2) is 18.4 Å². The van der Waals surface area contributed by atoms with Gasteiger partial charge < -0.3 is 15.0 Å². The summed E-state index contributed by atoms with van der Waals surface area (Å²) in [5.74, 6) is -0.495. The van der Waals surface area contributed by atoms with E-state index in [0.29, 0.717) is 24.6 Å². The zero-order chi connectivity index (χ0) is 19.3. The predicted molar refractivity (Wildman–Crippen MR) is 108 cm³/mol. The molecule has 1 aliphatic rings. The SMILES string of the molecule is O=C(Nc1ccc(OCc2ccccc2)cc1)C(=O)N1CCc2ccccc21. The van der Waals surface area contributed by atoms with Crippen molar-refractivity contribution >= 4 is 23.2 Å². The van der Waals surface area contributed by atoms with E-state index in [-0.39, 0.29) is 0 Å². The van der Waals surface area contributed by atoms with Crippen LogP contribution in [0.15, 0.2) is 78.9 Å². The summed E-state index contributed by atoms with van der Waals surface area (Å²) in [4.78, 5) is 26.4. The Labute approximate surface area is 163 Å². The Morgan fingerprint density at radius 2 is 1.61 bits per heavy atom. The van der Waals surface area contributed by atoms with Gasteiger partial charge in [-0.15, -0.1) is 0 Å². The number of amides is 2. The molecule has 0 spiro atoms. The van der Waals surface area contributed by atoms with E-state index in [1.165, 1.54) is 4.90 Å². The number of rotatable bonds is 4. The van der Waals surface area contributed by atoms with Gasteiger partial charge in [-0.05, 0) is 47.9 Å². The maximum absolute atomic E-state index is 12.5. The van der Waals surface area contributed by atoms with E-state index in [4.69, 9.17) is 4.74 Å². The summed E-state index contributed by atoms with van der Waals surface area (Å²) in [6.07, 6.45) is 0.767. The standard InChI is InChI=1S/C23H20N2O3/c26-22(23(27)25-15-14-18-8-4-5-9-21(18)25)24-19-10-12-20(13-11-19)28-16-17-6-2-1-3-7-17/h1-13H,14-16H2,(H,24,26). The molecule has 0 aromatic heterocycles. The molecule has 0 radical (unpaired) electrons. The smallest absolute Gasteiger partial charge is 0.316 e. The molecule has 1 heterocycles. The number of ether oxygens (including phenoxy) is 1. The van der Waals surface area contributed by atoms with Gasteiger partial charge in [0.15, 0.2) is 0 Å². The highest BCUT2D eigenvalue weighted by molar-refractivity contribution is 6.44. The molecular weight excluding hydrogens is 352 g/mol. The monoisotopic (exact) mass is 372 g/mol. The number of hydrogen-bond acceptors (Lipinski definition) is 3. The molecule has 1 aliphatic heterocycles. The summed E-state index contributed by atoms with van der Waals surface area (Å²) < 4.78 is 5.73. The largest absolute Gasteiger partial charge is 0.489 e. The zero-order valence-electron chi connectivity index (χ0n) is 15.3. The van der Waals surface area contributed by atoms with E-state index >= 15 is 0 Å². The third kappa shape index (κ3) is 3.88. The molecule has 0 saturated carbocycles. The van der Waals surface area contributed by atoms with E-state index in [9.17, 15) is 9.59 Å². The number of benzene rings is 3. The molecule has 4 rings (SSSR count). The molecule has 5 heteroatoms. The van der Waals surface area contributed by atoms with Gasteiger partial charge in [0.2, 0.25) is 0 Å². The summed E-state index contributed by atoms with van der Waals surface area (Å²) in [7, 11) is 0. The van der Waals surface area contributed by atoms with Gasteiger partial charge in [-0.3, -0.25) is 9.59 Å². The number of carbonyl (C=O) groups excluding carboxylic acids is 2. The van der Waals surface area contributed by atoms with Crippen LogP contribution in [0.3, 0.4) is 0 Å². The minimum Gasteiger partial charge on any atom is -0.489 e. The molecule has 0 bridgehead atoms. The van der Waals surface area contributed by atoms with Gasteiger partial charge >= 0.3 is 11.8 Å². The van der Waals surface area contributed by atoms with Gasteiger partial charge in [0, 0.05) is 17.9 Å². The molecule has 1 N–H and O–H groups in total. The summed E-state index contributed by atoms with van der Waals surface area (Å²) in [5, 5.41) is 2.66. The lowest BCUT2D eigenvalue weighted by molar-refractivity contribution is -0.134. The maximum atomic E-state index is 12.5. The van der Waals surface area contributed by atoms with Crippen LogP contribution in [0.2, 0.25) is 0 Å². The van der Waals surface area contributed by atoms with Crippen LogP contribution in [0.4, 0.5) is 11.4 Å². The van der Waals surface area contributed by atoms with Crippen molar-refractivity contribution in [1.82, 2.24) is 0 Å². The third-order valence-electron chi connectivity index (χ3n) is 4.69. The van der Waals surface area contributed by atoms with Crippen LogP contribution in [0.1, 0.15) is 11.1 Å². The van der Waals surface area contributed by atoms with Crippen molar-refractivity contribution in [1.29, 1.82) is 0 Å². The van der Waals surface area contributed by atoms with E-state index in [0.717, 1.165) is 23.2 Å². The fourth-order valence-corrected chi connectivity index (χ4v) is 3.23. The van der Waals surface area contributed by atoms with Gasteiger partial charge in [-0.2, -0.15) is 0 Å². The molecule has 0 saturated heterocycles. The van der Waals surface area contributed by atoms with Crippen LogP contribution >= 0.6 is 0 Å². The first kappa shape index (κ1) is 17.8. The zero-order valence-corrected chi connectivity index (χ0v) is 15.3. The van der Waals surface area contributed by atoms with Crippen molar-refractivity contribution in [2.75, 3.05) is 16.8 Å². The Hall–Kier alpha value is -3.60. The highest BCUT2D eigenvalue weighted by atomic mass is 16.5. The van der Waals surface area contributed by atoms with Crippen molar-refractivity contribution in [2.45, 2.75) is 13.0 Å². The van der Waals surface area contributed by atoms with Gasteiger partial charge in [-0.25, -0.2) is 0 Å². The molecule has 0 fully saturated rings. The van der Waals surface area contributed by atoms with Crippen molar-refractivity contribution in [3.8, 4) is 5.75 Å². The number of nitrogens with zero attached hydrogens (tertiary/aromatic N) is 1. The first-order chi connectivity index (χ1) is 13.7. The Bertz CT molecular complexity index is 984. The summed E-state index contributed by atoms with van der Waals surface area (Å²) in [5.41, 5.74) is 3.53. The number of carbonyl (C=O) groups is 2. The second kappa shape index (κ2) is 7.96. The molecule has 2 amide bonds. The van der Waals surface area contributed by atoms with Crippen LogP contribution in [0.25, 0.3) is 0 Å². The Kier molecular flexibility index (Phi) is 5.06. The molecule has 0 aliphatic carbocycles.